The fraction of sp³-hybridized carbons (Fsp3) is 0.842. The maximum atomic E-state index is 12.3. The van der Waals surface area contributed by atoms with Gasteiger partial charge in [-0.05, 0) is 76.5 Å². The minimum atomic E-state index is -0.649. The second-order valence-electron chi connectivity index (χ2n) is 9.78. The average molecular weight is 366 g/mol. The van der Waals surface area contributed by atoms with Gasteiger partial charge in [-0.1, -0.05) is 0 Å². The van der Waals surface area contributed by atoms with E-state index in [0.717, 1.165) is 32.1 Å². The van der Waals surface area contributed by atoms with Gasteiger partial charge in [0.05, 0.1) is 12.0 Å². The number of nitrogens with one attached hydrogen (secondary N) is 2. The lowest BCUT2D eigenvalue weighted by atomic mass is 9.47. The minimum absolute atomic E-state index is 0.185. The molecule has 0 radical (unpaired) electrons. The summed E-state index contributed by atoms with van der Waals surface area (Å²) in [5, 5.41) is 15.5. The highest BCUT2D eigenvalue weighted by atomic mass is 16.5. The topological polar surface area (TPSA) is 105 Å². The monoisotopic (exact) mass is 366 g/mol. The lowest BCUT2D eigenvalue weighted by Gasteiger charge is -2.60. The number of rotatable bonds is 4. The molecule has 2 atom stereocenters. The third kappa shape index (κ3) is 4.55. The minimum Gasteiger partial charge on any atom is -0.456 e. The van der Waals surface area contributed by atoms with Crippen LogP contribution in [0.1, 0.15) is 65.7 Å². The number of hydrogen-bond acceptors (Lipinski definition) is 5. The number of esters is 1. The highest BCUT2D eigenvalue weighted by Gasteiger charge is 2.57. The van der Waals surface area contributed by atoms with Crippen LogP contribution in [0.5, 0.6) is 0 Å². The molecule has 0 aromatic heterocycles. The van der Waals surface area contributed by atoms with E-state index in [1.165, 1.54) is 0 Å². The third-order valence-corrected chi connectivity index (χ3v) is 5.78. The van der Waals surface area contributed by atoms with Crippen LogP contribution >= 0.6 is 0 Å². The predicted molar refractivity (Wildman–Crippen MR) is 94.1 cm³/mol. The summed E-state index contributed by atoms with van der Waals surface area (Å²) in [5.74, 6) is -0.0805. The Morgan fingerprint density at radius 3 is 2.27 bits per heavy atom. The number of ether oxygens (including phenoxy) is 1. The molecule has 0 saturated heterocycles. The van der Waals surface area contributed by atoms with E-state index in [9.17, 15) is 19.5 Å². The fourth-order valence-corrected chi connectivity index (χ4v) is 5.65. The van der Waals surface area contributed by atoms with Gasteiger partial charge in [-0.15, -0.1) is 0 Å². The Bertz CT molecular complexity index is 596. The Kier molecular flexibility index (Phi) is 4.80. The van der Waals surface area contributed by atoms with Crippen LogP contribution in [0.3, 0.4) is 0 Å². The Morgan fingerprint density at radius 1 is 1.12 bits per heavy atom. The first-order chi connectivity index (χ1) is 12.0. The summed E-state index contributed by atoms with van der Waals surface area (Å²) in [7, 11) is 0. The molecule has 4 bridgehead atoms. The van der Waals surface area contributed by atoms with Gasteiger partial charge in [0.15, 0.2) is 6.61 Å². The second-order valence-corrected chi connectivity index (χ2v) is 9.78. The summed E-state index contributed by atoms with van der Waals surface area (Å²) >= 11 is 0. The van der Waals surface area contributed by atoms with Crippen molar-refractivity contribution in [3.05, 3.63) is 0 Å². The van der Waals surface area contributed by atoms with Crippen molar-refractivity contribution in [1.29, 1.82) is 0 Å². The molecule has 0 spiro atoms. The maximum absolute atomic E-state index is 12.3. The molecule has 3 amide bonds. The van der Waals surface area contributed by atoms with Gasteiger partial charge in [-0.25, -0.2) is 4.79 Å². The van der Waals surface area contributed by atoms with Crippen molar-refractivity contribution >= 4 is 17.9 Å². The van der Waals surface area contributed by atoms with Gasteiger partial charge in [0.2, 0.25) is 0 Å². The normalized spacial score (nSPS) is 35.1. The first kappa shape index (κ1) is 19.1. The number of carbonyl (C=O) groups excluding carboxylic acids is 3. The van der Waals surface area contributed by atoms with Crippen LogP contribution in [0, 0.1) is 17.3 Å². The van der Waals surface area contributed by atoms with Crippen LogP contribution in [-0.2, 0) is 14.3 Å². The second kappa shape index (κ2) is 6.51. The predicted octanol–water partition coefficient (Wildman–Crippen LogP) is 1.88. The Hall–Kier alpha value is -1.63. The molecule has 146 valence electrons. The van der Waals surface area contributed by atoms with Crippen molar-refractivity contribution in [3.8, 4) is 0 Å². The summed E-state index contributed by atoms with van der Waals surface area (Å²) in [6.45, 7) is 4.94. The Balaban J connectivity index is 1.46. The summed E-state index contributed by atoms with van der Waals surface area (Å²) in [6.07, 6.45) is 5.68. The highest BCUT2D eigenvalue weighted by molar-refractivity contribution is 5.95. The van der Waals surface area contributed by atoms with Crippen LogP contribution in [0.15, 0.2) is 0 Å². The lowest BCUT2D eigenvalue weighted by molar-refractivity contribution is -0.177. The molecule has 7 nitrogen and oxygen atoms in total. The number of urea groups is 1. The fourth-order valence-electron chi connectivity index (χ4n) is 5.65. The lowest BCUT2D eigenvalue weighted by Crippen LogP contribution is -2.56. The molecule has 4 aliphatic rings. The van der Waals surface area contributed by atoms with Crippen LogP contribution < -0.4 is 10.6 Å². The Labute approximate surface area is 154 Å². The maximum Gasteiger partial charge on any atom is 0.321 e. The summed E-state index contributed by atoms with van der Waals surface area (Å²) in [6, 6.07) is -0.609. The summed E-state index contributed by atoms with van der Waals surface area (Å²) in [4.78, 5) is 35.7. The number of aliphatic hydroxyl groups is 1. The van der Waals surface area contributed by atoms with E-state index in [-0.39, 0.29) is 11.8 Å². The standard InChI is InChI=1S/C19H30N2O5/c1-17(2,3)21-16(24)20-14(22)10-26-15(23)9-18-5-12-4-13(6-18)8-19(25,7-12)11-18/h12-13,25H,4-11H2,1-3H3,(H2,20,21,22,24)/t12-,13-,18?,19?/m1/s1. The molecule has 0 heterocycles. The van der Waals surface area contributed by atoms with Crippen LogP contribution in [0.2, 0.25) is 0 Å². The summed E-state index contributed by atoms with van der Waals surface area (Å²) in [5.41, 5.74) is -1.26. The molecule has 4 rings (SSSR count). The molecule has 4 saturated carbocycles. The van der Waals surface area contributed by atoms with E-state index in [1.54, 1.807) is 20.8 Å². The largest absolute Gasteiger partial charge is 0.456 e. The van der Waals surface area contributed by atoms with E-state index in [0.29, 0.717) is 18.3 Å². The van der Waals surface area contributed by atoms with Crippen molar-refractivity contribution in [2.75, 3.05) is 6.61 Å². The molecule has 0 aromatic rings. The molecule has 26 heavy (non-hydrogen) atoms. The molecule has 7 heteroatoms. The van der Waals surface area contributed by atoms with E-state index >= 15 is 0 Å². The highest BCUT2D eigenvalue weighted by Crippen LogP contribution is 2.62. The zero-order chi connectivity index (χ0) is 19.2. The van der Waals surface area contributed by atoms with E-state index in [1.807, 2.05) is 0 Å². The smallest absolute Gasteiger partial charge is 0.321 e. The molecule has 0 aromatic carbocycles. The first-order valence-electron chi connectivity index (χ1n) is 9.46. The molecule has 0 aliphatic heterocycles. The van der Waals surface area contributed by atoms with Gasteiger partial charge in [0.25, 0.3) is 5.91 Å². The van der Waals surface area contributed by atoms with Gasteiger partial charge >= 0.3 is 12.0 Å². The third-order valence-electron chi connectivity index (χ3n) is 5.78. The molecule has 0 unspecified atom stereocenters. The molecule has 4 fully saturated rings. The number of amides is 3. The first-order valence-corrected chi connectivity index (χ1v) is 9.46. The van der Waals surface area contributed by atoms with E-state index in [4.69, 9.17) is 4.74 Å². The van der Waals surface area contributed by atoms with Crippen molar-refractivity contribution in [2.24, 2.45) is 17.3 Å². The SMILES string of the molecule is CC(C)(C)NC(=O)NC(=O)COC(=O)CC12C[C@H]3C[C@@H](CC(O)(C3)C1)C2. The van der Waals surface area contributed by atoms with Gasteiger partial charge < -0.3 is 15.2 Å². The number of imide groups is 1. The zero-order valence-corrected chi connectivity index (χ0v) is 15.9. The van der Waals surface area contributed by atoms with Crippen LogP contribution in [0.4, 0.5) is 4.79 Å². The Morgan fingerprint density at radius 2 is 1.73 bits per heavy atom. The number of carbonyl (C=O) groups is 3. The van der Waals surface area contributed by atoms with Crippen LogP contribution in [0.25, 0.3) is 0 Å². The quantitative estimate of drug-likeness (QED) is 0.659. The average Bonchev–Trinajstić information content (AvgIpc) is 2.39. The molecule has 4 aliphatic carbocycles. The van der Waals surface area contributed by atoms with E-state index < -0.39 is 35.7 Å². The van der Waals surface area contributed by atoms with Crippen molar-refractivity contribution in [2.45, 2.75) is 76.9 Å². The van der Waals surface area contributed by atoms with Crippen molar-refractivity contribution < 1.29 is 24.2 Å². The van der Waals surface area contributed by atoms with Gasteiger partial charge in [-0.3, -0.25) is 14.9 Å². The zero-order valence-electron chi connectivity index (χ0n) is 15.9. The van der Waals surface area contributed by atoms with Crippen molar-refractivity contribution in [1.82, 2.24) is 10.6 Å². The number of hydrogen-bond donors (Lipinski definition) is 3. The molecular weight excluding hydrogens is 336 g/mol. The van der Waals surface area contributed by atoms with Gasteiger partial charge in [0, 0.05) is 5.54 Å². The molecule has 3 N–H and O–H groups in total. The molecular formula is C19H30N2O5. The van der Waals surface area contributed by atoms with Crippen LogP contribution in [-0.4, -0.2) is 40.8 Å². The van der Waals surface area contributed by atoms with E-state index in [2.05, 4.69) is 10.6 Å². The van der Waals surface area contributed by atoms with Gasteiger partial charge in [0.1, 0.15) is 0 Å². The summed E-state index contributed by atoms with van der Waals surface area (Å²) < 4.78 is 5.09. The van der Waals surface area contributed by atoms with Gasteiger partial charge in [-0.2, -0.15) is 0 Å². The van der Waals surface area contributed by atoms with Crippen molar-refractivity contribution in [3.63, 3.8) is 0 Å².